The van der Waals surface area contributed by atoms with Crippen molar-refractivity contribution in [3.05, 3.63) is 98.5 Å². The van der Waals surface area contributed by atoms with E-state index in [1.807, 2.05) is 0 Å². The molecule has 0 spiro atoms. The molecule has 0 saturated carbocycles. The Morgan fingerprint density at radius 1 is 1.16 bits per heavy atom. The van der Waals surface area contributed by atoms with E-state index in [9.17, 15) is 18.9 Å². The summed E-state index contributed by atoms with van der Waals surface area (Å²) < 4.78 is 21.5. The molecule has 0 aliphatic heterocycles. The average Bonchev–Trinajstić information content (AvgIpc) is 2.88. The van der Waals surface area contributed by atoms with E-state index in [0.29, 0.717) is 16.5 Å². The number of rotatable bonds is 11. The summed E-state index contributed by atoms with van der Waals surface area (Å²) in [5.41, 5.74) is 0.215. The summed E-state index contributed by atoms with van der Waals surface area (Å²) >= 11 is 4.45. The van der Waals surface area contributed by atoms with E-state index in [4.69, 9.17) is 16.3 Å². The minimum atomic E-state index is -1.56. The maximum absolute atomic E-state index is 13.5. The molecule has 1 aromatic heterocycles. The van der Waals surface area contributed by atoms with E-state index < -0.39 is 34.4 Å². The first-order valence-corrected chi connectivity index (χ1v) is 13.5. The van der Waals surface area contributed by atoms with E-state index in [1.165, 1.54) is 29.4 Å². The van der Waals surface area contributed by atoms with Gasteiger partial charge in [0.2, 0.25) is 0 Å². The second-order valence-corrected chi connectivity index (χ2v) is 9.80. The fraction of sp³-hybridized carbons (Fsp3) is 0.231. The number of halogens is 1. The SMILES string of the molecule is C/C=N\C=C\Oc1ccc(Nc2cc(=O)n(C[C@H](C)C(=O)N[S+](C)[O-])c(=O)n2Cc2ccc(Cl)cc2)cc1. The number of benzene rings is 2. The monoisotopic (exact) mass is 557 g/mol. The Hall–Kier alpha value is -3.80. The molecular formula is C26H28ClN5O5S. The van der Waals surface area contributed by atoms with Crippen LogP contribution in [0.15, 0.2) is 81.6 Å². The van der Waals surface area contributed by atoms with Gasteiger partial charge in [-0.05, 0) is 48.9 Å². The standard InChI is InChI=1S/C26H28ClN5O5S/c1-4-28-13-14-37-22-11-9-21(10-12-22)29-23-15-24(33)32(16-18(2)25(34)30-38(3)36)26(35)31(23)17-19-5-7-20(27)8-6-19/h4-15,18,29H,16-17H2,1-3H3,(H,30,34)/b14-13+,28-4-/t18-,38?/m0/s1. The van der Waals surface area contributed by atoms with Crippen molar-refractivity contribution in [1.29, 1.82) is 0 Å². The maximum Gasteiger partial charge on any atom is 0.332 e. The van der Waals surface area contributed by atoms with Crippen molar-refractivity contribution >= 4 is 46.6 Å². The molecule has 0 radical (unpaired) electrons. The van der Waals surface area contributed by atoms with Gasteiger partial charge in [-0.2, -0.15) is 4.72 Å². The highest BCUT2D eigenvalue weighted by atomic mass is 35.5. The lowest BCUT2D eigenvalue weighted by Crippen LogP contribution is -2.44. The number of hydrogen-bond acceptors (Lipinski definition) is 7. The van der Waals surface area contributed by atoms with Crippen LogP contribution in [0.5, 0.6) is 5.75 Å². The van der Waals surface area contributed by atoms with Gasteiger partial charge < -0.3 is 14.6 Å². The Bertz CT molecular complexity index is 1420. The minimum Gasteiger partial charge on any atom is -0.593 e. The van der Waals surface area contributed by atoms with E-state index in [0.717, 1.165) is 10.1 Å². The lowest BCUT2D eigenvalue weighted by atomic mass is 10.1. The fourth-order valence-corrected chi connectivity index (χ4v) is 4.02. The third-order valence-electron chi connectivity index (χ3n) is 5.31. The lowest BCUT2D eigenvalue weighted by Gasteiger charge is -2.18. The van der Waals surface area contributed by atoms with Crippen molar-refractivity contribution in [2.24, 2.45) is 10.9 Å². The summed E-state index contributed by atoms with van der Waals surface area (Å²) in [6.45, 7) is 3.31. The number of carbonyl (C=O) groups is 1. The average molecular weight is 558 g/mol. The van der Waals surface area contributed by atoms with E-state index in [-0.39, 0.29) is 18.9 Å². The Labute approximate surface area is 227 Å². The predicted octanol–water partition coefficient (Wildman–Crippen LogP) is 3.44. The Morgan fingerprint density at radius 3 is 2.47 bits per heavy atom. The number of amides is 1. The molecule has 0 aliphatic carbocycles. The van der Waals surface area contributed by atoms with Crippen LogP contribution in [-0.4, -0.2) is 32.1 Å². The number of nitrogens with zero attached hydrogens (tertiary/aromatic N) is 3. The third-order valence-corrected chi connectivity index (χ3v) is 6.05. The van der Waals surface area contributed by atoms with Gasteiger partial charge >= 0.3 is 5.69 Å². The molecule has 12 heteroatoms. The summed E-state index contributed by atoms with van der Waals surface area (Å²) in [7, 11) is 0. The minimum absolute atomic E-state index is 0.141. The normalized spacial score (nSPS) is 13.0. The molecule has 0 bridgehead atoms. The molecule has 2 N–H and O–H groups in total. The zero-order valence-corrected chi connectivity index (χ0v) is 22.7. The van der Waals surface area contributed by atoms with Crippen LogP contribution in [0.4, 0.5) is 11.5 Å². The highest BCUT2D eigenvalue weighted by Gasteiger charge is 2.21. The second-order valence-electron chi connectivity index (χ2n) is 8.25. The van der Waals surface area contributed by atoms with Crippen LogP contribution in [0.25, 0.3) is 0 Å². The van der Waals surface area contributed by atoms with Gasteiger partial charge in [-0.1, -0.05) is 30.7 Å². The lowest BCUT2D eigenvalue weighted by molar-refractivity contribution is -0.123. The van der Waals surface area contributed by atoms with Crippen LogP contribution in [0, 0.1) is 5.92 Å². The first-order valence-electron chi connectivity index (χ1n) is 11.6. The first-order chi connectivity index (χ1) is 18.2. The number of anilines is 2. The number of aromatic nitrogens is 2. The molecule has 1 heterocycles. The van der Waals surface area contributed by atoms with Crippen LogP contribution in [0.2, 0.25) is 5.02 Å². The Morgan fingerprint density at radius 2 is 1.84 bits per heavy atom. The van der Waals surface area contributed by atoms with Crippen LogP contribution >= 0.6 is 11.6 Å². The molecule has 1 amide bonds. The molecule has 3 aromatic rings. The van der Waals surface area contributed by atoms with E-state index in [1.54, 1.807) is 68.6 Å². The van der Waals surface area contributed by atoms with Crippen LogP contribution in [0.3, 0.4) is 0 Å². The zero-order chi connectivity index (χ0) is 27.7. The molecule has 2 aromatic carbocycles. The van der Waals surface area contributed by atoms with Crippen molar-refractivity contribution in [1.82, 2.24) is 13.9 Å². The molecule has 0 fully saturated rings. The highest BCUT2D eigenvalue weighted by Crippen LogP contribution is 2.20. The van der Waals surface area contributed by atoms with Crippen molar-refractivity contribution in [2.75, 3.05) is 11.6 Å². The Balaban J connectivity index is 1.94. The van der Waals surface area contributed by atoms with Gasteiger partial charge in [0.05, 0.1) is 30.0 Å². The molecule has 200 valence electrons. The van der Waals surface area contributed by atoms with Gasteiger partial charge in [-0.25, -0.2) is 4.79 Å². The van der Waals surface area contributed by atoms with Crippen molar-refractivity contribution in [2.45, 2.75) is 26.9 Å². The summed E-state index contributed by atoms with van der Waals surface area (Å²) in [6.07, 6.45) is 5.92. The van der Waals surface area contributed by atoms with Gasteiger partial charge in [0, 0.05) is 29.5 Å². The quantitative estimate of drug-likeness (QED) is 0.211. The van der Waals surface area contributed by atoms with Crippen molar-refractivity contribution in [3.63, 3.8) is 0 Å². The predicted molar refractivity (Wildman–Crippen MR) is 151 cm³/mol. The second kappa shape index (κ2) is 13.7. The summed E-state index contributed by atoms with van der Waals surface area (Å²) in [5, 5.41) is 3.68. The molecule has 38 heavy (non-hydrogen) atoms. The number of hydrogen-bond donors (Lipinski definition) is 2. The number of carbonyl (C=O) groups excluding carboxylic acids is 1. The zero-order valence-electron chi connectivity index (χ0n) is 21.1. The van der Waals surface area contributed by atoms with Gasteiger partial charge in [0.25, 0.3) is 11.5 Å². The fourth-order valence-electron chi connectivity index (χ4n) is 3.41. The molecule has 1 unspecified atom stereocenters. The summed E-state index contributed by atoms with van der Waals surface area (Å²) in [6, 6.07) is 15.2. The third kappa shape index (κ3) is 8.10. The smallest absolute Gasteiger partial charge is 0.332 e. The molecule has 0 aliphatic rings. The Kier molecular flexibility index (Phi) is 10.3. The van der Waals surface area contributed by atoms with Gasteiger partial charge in [0.1, 0.15) is 24.1 Å². The first kappa shape index (κ1) is 28.8. The highest BCUT2D eigenvalue weighted by molar-refractivity contribution is 7.89. The van der Waals surface area contributed by atoms with Gasteiger partial charge in [-0.3, -0.25) is 23.7 Å². The van der Waals surface area contributed by atoms with E-state index in [2.05, 4.69) is 15.0 Å². The van der Waals surface area contributed by atoms with Crippen LogP contribution in [-0.2, 0) is 29.2 Å². The van der Waals surface area contributed by atoms with E-state index >= 15 is 0 Å². The maximum atomic E-state index is 13.5. The number of aliphatic imine (C=N–C) groups is 1. The van der Waals surface area contributed by atoms with Gasteiger partial charge in [-0.15, -0.1) is 0 Å². The molecule has 0 saturated heterocycles. The van der Waals surface area contributed by atoms with Crippen molar-refractivity contribution in [3.8, 4) is 5.75 Å². The largest absolute Gasteiger partial charge is 0.593 e. The summed E-state index contributed by atoms with van der Waals surface area (Å²) in [5.74, 6) is -0.449. The topological polar surface area (TPSA) is 130 Å². The van der Waals surface area contributed by atoms with Crippen LogP contribution < -0.4 is 26.0 Å². The molecular weight excluding hydrogens is 530 g/mol. The molecule has 2 atom stereocenters. The van der Waals surface area contributed by atoms with Gasteiger partial charge in [0.15, 0.2) is 0 Å². The van der Waals surface area contributed by atoms with Crippen LogP contribution in [0.1, 0.15) is 19.4 Å². The van der Waals surface area contributed by atoms with Crippen molar-refractivity contribution < 1.29 is 14.1 Å². The molecule has 3 rings (SSSR count). The number of ether oxygens (including phenoxy) is 1. The molecule has 10 nitrogen and oxygen atoms in total. The summed E-state index contributed by atoms with van der Waals surface area (Å²) in [4.78, 5) is 42.6. The number of nitrogens with one attached hydrogen (secondary N) is 2.